The van der Waals surface area contributed by atoms with Crippen LogP contribution in [-0.4, -0.2) is 31.2 Å². The van der Waals surface area contributed by atoms with E-state index < -0.39 is 11.9 Å². The van der Waals surface area contributed by atoms with Crippen molar-refractivity contribution in [3.05, 3.63) is 60.3 Å². The normalized spacial score (nSPS) is 10.6. The second kappa shape index (κ2) is 9.51. The first kappa shape index (κ1) is 22.8. The van der Waals surface area contributed by atoms with Crippen molar-refractivity contribution in [1.29, 1.82) is 0 Å². The molecule has 10 heteroatoms. The number of benzene rings is 2. The van der Waals surface area contributed by atoms with Gasteiger partial charge in [-0.25, -0.2) is 4.79 Å². The maximum absolute atomic E-state index is 12.9. The first-order chi connectivity index (χ1) is 14.3. The molecular formula is C20H14Br3NO5S. The fourth-order valence-electron chi connectivity index (χ4n) is 2.75. The van der Waals surface area contributed by atoms with Crippen molar-refractivity contribution in [1.82, 2.24) is 0 Å². The number of thiophene rings is 1. The lowest BCUT2D eigenvalue weighted by atomic mass is 10.1. The Morgan fingerprint density at radius 1 is 1.07 bits per heavy atom. The number of carbonyl (C=O) groups is 2. The van der Waals surface area contributed by atoms with Crippen molar-refractivity contribution in [2.45, 2.75) is 0 Å². The van der Waals surface area contributed by atoms with E-state index in [2.05, 4.69) is 53.1 Å². The number of hydrogen-bond acceptors (Lipinski definition) is 5. The Morgan fingerprint density at radius 3 is 2.43 bits per heavy atom. The van der Waals surface area contributed by atoms with Crippen LogP contribution in [0.1, 0.15) is 20.7 Å². The van der Waals surface area contributed by atoms with E-state index in [1.54, 1.807) is 42.8 Å². The largest absolute Gasteiger partial charge is 0.497 e. The number of aromatic carboxylic acids is 1. The Kier molecular flexibility index (Phi) is 7.22. The molecule has 1 aromatic heterocycles. The van der Waals surface area contributed by atoms with Gasteiger partial charge in [-0.2, -0.15) is 0 Å². The van der Waals surface area contributed by atoms with Crippen LogP contribution in [0.2, 0.25) is 0 Å². The molecule has 6 nitrogen and oxygen atoms in total. The molecule has 0 fully saturated rings. The third-order valence-electron chi connectivity index (χ3n) is 4.15. The van der Waals surface area contributed by atoms with E-state index in [0.29, 0.717) is 35.4 Å². The summed E-state index contributed by atoms with van der Waals surface area (Å²) in [6.45, 7) is 0. The van der Waals surface area contributed by atoms with Gasteiger partial charge >= 0.3 is 5.97 Å². The Morgan fingerprint density at radius 2 is 1.80 bits per heavy atom. The van der Waals surface area contributed by atoms with Crippen LogP contribution in [-0.2, 0) is 0 Å². The molecule has 0 aliphatic carbocycles. The number of rotatable bonds is 6. The highest BCUT2D eigenvalue weighted by Gasteiger charge is 2.24. The highest BCUT2D eigenvalue weighted by atomic mass is 79.9. The smallest absolute Gasteiger partial charge is 0.339 e. The van der Waals surface area contributed by atoms with Crippen LogP contribution in [0.3, 0.4) is 0 Å². The first-order valence-corrected chi connectivity index (χ1v) is 11.6. The molecule has 1 heterocycles. The highest BCUT2D eigenvalue weighted by molar-refractivity contribution is 9.13. The van der Waals surface area contributed by atoms with Gasteiger partial charge in [-0.05, 0) is 71.6 Å². The number of amides is 1. The van der Waals surface area contributed by atoms with Crippen LogP contribution in [0.4, 0.5) is 5.69 Å². The van der Waals surface area contributed by atoms with Gasteiger partial charge in [-0.15, -0.1) is 11.3 Å². The monoisotopic (exact) mass is 617 g/mol. The summed E-state index contributed by atoms with van der Waals surface area (Å²) in [7, 11) is 3.03. The lowest BCUT2D eigenvalue weighted by Gasteiger charge is -2.13. The van der Waals surface area contributed by atoms with Crippen molar-refractivity contribution >= 4 is 76.7 Å². The van der Waals surface area contributed by atoms with E-state index in [1.165, 1.54) is 18.4 Å². The second-order valence-electron chi connectivity index (χ2n) is 5.91. The van der Waals surface area contributed by atoms with Crippen LogP contribution in [0.25, 0.3) is 10.4 Å². The van der Waals surface area contributed by atoms with E-state index in [4.69, 9.17) is 9.47 Å². The van der Waals surface area contributed by atoms with Gasteiger partial charge in [0.25, 0.3) is 5.91 Å². The topological polar surface area (TPSA) is 84.9 Å². The minimum atomic E-state index is -1.14. The molecule has 1 amide bonds. The third-order valence-corrected chi connectivity index (χ3v) is 7.91. The number of methoxy groups -OCH3 is 2. The van der Waals surface area contributed by atoms with Gasteiger partial charge in [0.05, 0.1) is 39.3 Å². The predicted molar refractivity (Wildman–Crippen MR) is 127 cm³/mol. The number of ether oxygens (including phenoxy) is 2. The lowest BCUT2D eigenvalue weighted by molar-refractivity contribution is 0.0699. The maximum atomic E-state index is 12.9. The molecule has 30 heavy (non-hydrogen) atoms. The summed E-state index contributed by atoms with van der Waals surface area (Å²) in [6.07, 6.45) is 0. The van der Waals surface area contributed by atoms with Crippen molar-refractivity contribution in [3.63, 3.8) is 0 Å². The molecule has 2 N–H and O–H groups in total. The van der Waals surface area contributed by atoms with E-state index >= 15 is 0 Å². The summed E-state index contributed by atoms with van der Waals surface area (Å²) in [5.74, 6) is -0.571. The highest BCUT2D eigenvalue weighted by Crippen LogP contribution is 2.42. The fourth-order valence-corrected chi connectivity index (χ4v) is 5.55. The average molecular weight is 620 g/mol. The molecule has 0 aliphatic heterocycles. The number of carbonyl (C=O) groups excluding carboxylic acids is 1. The standard InChI is InChI=1S/C20H14Br3NO5S/c1-28-10-5-3-4-9(6-10)18-14(20(26)27)13(8-30-18)24-19(25)11-7-12(21)16(23)17(29-2)15(11)22/h3-8H,1-2H3,(H,24,25)(H,26,27). The number of anilines is 1. The minimum Gasteiger partial charge on any atom is -0.497 e. The zero-order chi connectivity index (χ0) is 22.0. The maximum Gasteiger partial charge on any atom is 0.339 e. The molecule has 0 aliphatic rings. The van der Waals surface area contributed by atoms with Crippen LogP contribution in [0.15, 0.2) is 49.1 Å². The quantitative estimate of drug-likeness (QED) is 0.301. The van der Waals surface area contributed by atoms with Gasteiger partial charge in [0.2, 0.25) is 0 Å². The minimum absolute atomic E-state index is 0.0147. The lowest BCUT2D eigenvalue weighted by Crippen LogP contribution is -2.15. The summed E-state index contributed by atoms with van der Waals surface area (Å²) < 4.78 is 12.3. The molecule has 3 aromatic rings. The molecule has 0 spiro atoms. The summed E-state index contributed by atoms with van der Waals surface area (Å²) in [5.41, 5.74) is 1.19. The number of carboxylic acids is 1. The Hall–Kier alpha value is -1.88. The van der Waals surface area contributed by atoms with Crippen molar-refractivity contribution in [3.8, 4) is 21.9 Å². The zero-order valence-corrected chi connectivity index (χ0v) is 21.2. The van der Waals surface area contributed by atoms with Crippen LogP contribution >= 0.6 is 59.1 Å². The molecule has 0 radical (unpaired) electrons. The molecule has 0 atom stereocenters. The van der Waals surface area contributed by atoms with Crippen LogP contribution < -0.4 is 14.8 Å². The average Bonchev–Trinajstić information content (AvgIpc) is 3.15. The number of hydrogen-bond donors (Lipinski definition) is 2. The molecule has 0 saturated carbocycles. The summed E-state index contributed by atoms with van der Waals surface area (Å²) >= 11 is 11.4. The number of halogens is 3. The SMILES string of the molecule is COc1cccc(-c2scc(NC(=O)c3cc(Br)c(Br)c(OC)c3Br)c2C(=O)O)c1. The Balaban J connectivity index is 2.02. The molecule has 156 valence electrons. The van der Waals surface area contributed by atoms with E-state index in [9.17, 15) is 14.7 Å². The number of carboxylic acid groups (broad SMARTS) is 1. The number of nitrogens with one attached hydrogen (secondary N) is 1. The predicted octanol–water partition coefficient (Wildman–Crippen LogP) is 6.67. The van der Waals surface area contributed by atoms with Crippen molar-refractivity contribution in [2.24, 2.45) is 0 Å². The van der Waals surface area contributed by atoms with Gasteiger partial charge in [0.1, 0.15) is 17.1 Å². The summed E-state index contributed by atoms with van der Waals surface area (Å²) in [5, 5.41) is 14.1. The summed E-state index contributed by atoms with van der Waals surface area (Å²) in [4.78, 5) is 25.5. The van der Waals surface area contributed by atoms with Gasteiger partial charge in [-0.1, -0.05) is 12.1 Å². The first-order valence-electron chi connectivity index (χ1n) is 8.30. The fraction of sp³-hybridized carbons (Fsp3) is 0.100. The van der Waals surface area contributed by atoms with E-state index in [-0.39, 0.29) is 16.8 Å². The molecule has 0 saturated heterocycles. The van der Waals surface area contributed by atoms with Crippen LogP contribution in [0, 0.1) is 0 Å². The van der Waals surface area contributed by atoms with E-state index in [0.717, 1.165) is 0 Å². The molecule has 2 aromatic carbocycles. The van der Waals surface area contributed by atoms with Gasteiger partial charge in [0, 0.05) is 9.85 Å². The third kappa shape index (κ3) is 4.41. The van der Waals surface area contributed by atoms with Crippen LogP contribution in [0.5, 0.6) is 11.5 Å². The zero-order valence-electron chi connectivity index (χ0n) is 15.6. The van der Waals surface area contributed by atoms with Gasteiger partial charge in [-0.3, -0.25) is 4.79 Å². The summed E-state index contributed by atoms with van der Waals surface area (Å²) in [6, 6.07) is 8.70. The molecule has 0 bridgehead atoms. The van der Waals surface area contributed by atoms with Crippen molar-refractivity contribution < 1.29 is 24.2 Å². The molecular weight excluding hydrogens is 606 g/mol. The Labute approximate surface area is 201 Å². The van der Waals surface area contributed by atoms with E-state index in [1.807, 2.05) is 0 Å². The Bertz CT molecular complexity index is 1150. The second-order valence-corrected chi connectivity index (χ2v) is 9.23. The molecule has 0 unspecified atom stereocenters. The van der Waals surface area contributed by atoms with Gasteiger partial charge < -0.3 is 19.9 Å². The van der Waals surface area contributed by atoms with Gasteiger partial charge in [0.15, 0.2) is 0 Å². The van der Waals surface area contributed by atoms with Crippen molar-refractivity contribution in [2.75, 3.05) is 19.5 Å². The molecule has 3 rings (SSSR count).